The molecular weight excluding hydrogens is 264 g/mol. The third-order valence-electron chi connectivity index (χ3n) is 2.45. The number of amides is 1. The van der Waals surface area contributed by atoms with Crippen LogP contribution in [0.25, 0.3) is 0 Å². The number of thiazole rings is 1. The largest absolute Gasteiger partial charge is 0.461 e. The molecule has 0 aliphatic heterocycles. The summed E-state index contributed by atoms with van der Waals surface area (Å²) in [6, 6.07) is 3.19. The number of Topliss-reactive ketones (excluding diaryl/α,β-unsaturated/α-hetero) is 1. The van der Waals surface area contributed by atoms with E-state index < -0.39 is 0 Å². The molecule has 0 aromatic carbocycles. The van der Waals surface area contributed by atoms with Gasteiger partial charge >= 0.3 is 0 Å². The van der Waals surface area contributed by atoms with Crippen molar-refractivity contribution in [2.45, 2.75) is 19.8 Å². The van der Waals surface area contributed by atoms with E-state index in [1.165, 1.54) is 17.6 Å². The van der Waals surface area contributed by atoms with Crippen LogP contribution in [0.2, 0.25) is 0 Å². The molecule has 0 aliphatic rings. The number of aromatic nitrogens is 1. The number of hydrogen-bond acceptors (Lipinski definition) is 5. The molecule has 0 unspecified atom stereocenters. The van der Waals surface area contributed by atoms with Crippen LogP contribution in [0.4, 0.5) is 0 Å². The van der Waals surface area contributed by atoms with Crippen molar-refractivity contribution in [3.63, 3.8) is 0 Å². The number of carbonyl (C=O) groups is 2. The van der Waals surface area contributed by atoms with Crippen molar-refractivity contribution in [1.82, 2.24) is 10.3 Å². The summed E-state index contributed by atoms with van der Waals surface area (Å²) in [6.45, 7) is 3.93. The minimum Gasteiger partial charge on any atom is -0.461 e. The molecule has 5 nitrogen and oxygen atoms in total. The summed E-state index contributed by atoms with van der Waals surface area (Å²) < 4.78 is 4.95. The number of nitrogens with one attached hydrogen (secondary N) is 1. The van der Waals surface area contributed by atoms with Crippen molar-refractivity contribution in [1.29, 1.82) is 0 Å². The summed E-state index contributed by atoms with van der Waals surface area (Å²) in [4.78, 5) is 27.7. The highest BCUT2D eigenvalue weighted by atomic mass is 32.1. The first-order chi connectivity index (χ1) is 9.08. The van der Waals surface area contributed by atoms with E-state index in [9.17, 15) is 9.59 Å². The highest BCUT2D eigenvalue weighted by Crippen LogP contribution is 2.18. The van der Waals surface area contributed by atoms with E-state index in [1.54, 1.807) is 17.5 Å². The van der Waals surface area contributed by atoms with Gasteiger partial charge in [0.25, 0.3) is 5.91 Å². The Bertz CT molecular complexity index is 572. The number of hydrogen-bond donors (Lipinski definition) is 1. The Kier molecular flexibility index (Phi) is 4.11. The summed E-state index contributed by atoms with van der Waals surface area (Å²) in [7, 11) is 0. The summed E-state index contributed by atoms with van der Waals surface area (Å²) in [5.41, 5.74) is 0.348. The zero-order valence-corrected chi connectivity index (χ0v) is 11.5. The molecule has 0 bridgehead atoms. The average molecular weight is 278 g/mol. The molecular formula is C13H14N2O3S. The van der Waals surface area contributed by atoms with Crippen LogP contribution < -0.4 is 5.32 Å². The van der Waals surface area contributed by atoms with Gasteiger partial charge in [0.05, 0.1) is 17.8 Å². The molecule has 2 aromatic rings. The van der Waals surface area contributed by atoms with Crippen molar-refractivity contribution < 1.29 is 14.0 Å². The van der Waals surface area contributed by atoms with Gasteiger partial charge in [0, 0.05) is 11.3 Å². The average Bonchev–Trinajstić information content (AvgIpc) is 3.05. The van der Waals surface area contributed by atoms with Crippen LogP contribution in [0.5, 0.6) is 0 Å². The van der Waals surface area contributed by atoms with Crippen LogP contribution in [-0.2, 0) is 0 Å². The van der Waals surface area contributed by atoms with E-state index in [-0.39, 0.29) is 29.9 Å². The Hall–Kier alpha value is -1.95. The molecule has 0 fully saturated rings. The lowest BCUT2D eigenvalue weighted by molar-refractivity contribution is 0.0890. The second-order valence-electron chi connectivity index (χ2n) is 4.31. The molecule has 0 atom stereocenters. The lowest BCUT2D eigenvalue weighted by Crippen LogP contribution is -2.29. The van der Waals surface area contributed by atoms with Gasteiger partial charge in [-0.3, -0.25) is 9.59 Å². The van der Waals surface area contributed by atoms with Crippen LogP contribution in [-0.4, -0.2) is 23.2 Å². The minimum atomic E-state index is -0.344. The third-order valence-corrected chi connectivity index (χ3v) is 3.60. The van der Waals surface area contributed by atoms with Gasteiger partial charge in [-0.15, -0.1) is 11.3 Å². The van der Waals surface area contributed by atoms with Crippen LogP contribution in [0, 0.1) is 0 Å². The summed E-state index contributed by atoms with van der Waals surface area (Å²) in [6.07, 6.45) is 1.42. The highest BCUT2D eigenvalue weighted by molar-refractivity contribution is 7.09. The van der Waals surface area contributed by atoms with Gasteiger partial charge in [0.1, 0.15) is 5.69 Å². The predicted molar refractivity (Wildman–Crippen MR) is 71.6 cm³/mol. The molecule has 2 rings (SSSR count). The molecule has 0 spiro atoms. The van der Waals surface area contributed by atoms with Crippen LogP contribution in [0.3, 0.4) is 0 Å². The molecule has 2 heterocycles. The Morgan fingerprint density at radius 2 is 2.26 bits per heavy atom. The quantitative estimate of drug-likeness (QED) is 0.853. The van der Waals surface area contributed by atoms with Gasteiger partial charge in [0.15, 0.2) is 5.76 Å². The highest BCUT2D eigenvalue weighted by Gasteiger charge is 2.15. The molecule has 1 N–H and O–H groups in total. The number of furan rings is 1. The van der Waals surface area contributed by atoms with Crippen molar-refractivity contribution >= 4 is 23.0 Å². The van der Waals surface area contributed by atoms with E-state index >= 15 is 0 Å². The van der Waals surface area contributed by atoms with Gasteiger partial charge in [-0.25, -0.2) is 4.98 Å². The lowest BCUT2D eigenvalue weighted by Gasteiger charge is -2.01. The van der Waals surface area contributed by atoms with E-state index in [2.05, 4.69) is 10.3 Å². The molecule has 0 saturated heterocycles. The summed E-state index contributed by atoms with van der Waals surface area (Å²) >= 11 is 1.44. The van der Waals surface area contributed by atoms with Gasteiger partial charge in [-0.1, -0.05) is 13.8 Å². The summed E-state index contributed by atoms with van der Waals surface area (Å²) in [5, 5.41) is 5.14. The normalized spacial score (nSPS) is 10.7. The zero-order valence-electron chi connectivity index (χ0n) is 10.7. The number of ketones is 1. The first-order valence-electron chi connectivity index (χ1n) is 5.88. The predicted octanol–water partition coefficient (Wildman–Crippen LogP) is 2.47. The Morgan fingerprint density at radius 3 is 2.84 bits per heavy atom. The maximum absolute atomic E-state index is 11.8. The molecule has 19 heavy (non-hydrogen) atoms. The monoisotopic (exact) mass is 278 g/mol. The molecule has 0 aliphatic carbocycles. The van der Waals surface area contributed by atoms with Crippen LogP contribution in [0.1, 0.15) is 45.8 Å². The summed E-state index contributed by atoms with van der Waals surface area (Å²) in [5.74, 6) is -0.0848. The minimum absolute atomic E-state index is 0.0963. The molecule has 6 heteroatoms. The fourth-order valence-corrected chi connectivity index (χ4v) is 2.25. The molecule has 1 amide bonds. The molecule has 2 aromatic heterocycles. The van der Waals surface area contributed by atoms with Gasteiger partial charge in [-0.05, 0) is 12.1 Å². The Labute approximate surface area is 114 Å². The first kappa shape index (κ1) is 13.5. The smallest absolute Gasteiger partial charge is 0.271 e. The van der Waals surface area contributed by atoms with Crippen LogP contribution >= 0.6 is 11.3 Å². The maximum Gasteiger partial charge on any atom is 0.271 e. The number of rotatable bonds is 5. The van der Waals surface area contributed by atoms with Crippen molar-refractivity contribution in [2.24, 2.45) is 0 Å². The van der Waals surface area contributed by atoms with Gasteiger partial charge in [0.2, 0.25) is 5.78 Å². The van der Waals surface area contributed by atoms with Crippen molar-refractivity contribution in [2.75, 3.05) is 6.54 Å². The van der Waals surface area contributed by atoms with E-state index in [4.69, 9.17) is 4.42 Å². The number of nitrogens with zero attached hydrogens (tertiary/aromatic N) is 1. The second-order valence-corrected chi connectivity index (χ2v) is 5.20. The fraction of sp³-hybridized carbons (Fsp3) is 0.308. The maximum atomic E-state index is 11.8. The van der Waals surface area contributed by atoms with Crippen molar-refractivity contribution in [3.05, 3.63) is 40.2 Å². The fourth-order valence-electron chi connectivity index (χ4n) is 1.43. The van der Waals surface area contributed by atoms with Gasteiger partial charge < -0.3 is 9.73 Å². The van der Waals surface area contributed by atoms with E-state index in [1.807, 2.05) is 13.8 Å². The van der Waals surface area contributed by atoms with Gasteiger partial charge in [-0.2, -0.15) is 0 Å². The standard InChI is InChI=1S/C13H14N2O3S/c1-8(2)13-15-9(7-19-13)12(17)14-6-10(16)11-4-3-5-18-11/h3-5,7-8H,6H2,1-2H3,(H,14,17). The Morgan fingerprint density at radius 1 is 1.47 bits per heavy atom. The second kappa shape index (κ2) is 5.79. The topological polar surface area (TPSA) is 72.2 Å². The Balaban J connectivity index is 1.92. The third kappa shape index (κ3) is 3.29. The zero-order chi connectivity index (χ0) is 13.8. The SMILES string of the molecule is CC(C)c1nc(C(=O)NCC(=O)c2ccco2)cs1. The lowest BCUT2D eigenvalue weighted by atomic mass is 10.2. The van der Waals surface area contributed by atoms with Crippen molar-refractivity contribution in [3.8, 4) is 0 Å². The first-order valence-corrected chi connectivity index (χ1v) is 6.76. The molecule has 0 saturated carbocycles. The van der Waals surface area contributed by atoms with E-state index in [0.29, 0.717) is 5.69 Å². The number of carbonyl (C=O) groups excluding carboxylic acids is 2. The van der Waals surface area contributed by atoms with Crippen LogP contribution in [0.15, 0.2) is 28.2 Å². The molecule has 100 valence electrons. The van der Waals surface area contributed by atoms with E-state index in [0.717, 1.165) is 5.01 Å². The molecule has 0 radical (unpaired) electrons.